The second-order valence-corrected chi connectivity index (χ2v) is 7.47. The van der Waals surface area contributed by atoms with Crippen LogP contribution in [0.25, 0.3) is 0 Å². The Kier molecular flexibility index (Phi) is 6.55. The highest BCUT2D eigenvalue weighted by Gasteiger charge is 2.14. The van der Waals surface area contributed by atoms with Gasteiger partial charge >= 0.3 is 0 Å². The lowest BCUT2D eigenvalue weighted by molar-refractivity contribution is -0.115. The molecule has 0 spiro atoms. The summed E-state index contributed by atoms with van der Waals surface area (Å²) in [6, 6.07) is 12.1. The molecule has 2 aromatic carbocycles. The number of nitrogens with one attached hydrogen (secondary N) is 3. The predicted octanol–water partition coefficient (Wildman–Crippen LogP) is 4.13. The van der Waals surface area contributed by atoms with Gasteiger partial charge in [0.15, 0.2) is 5.76 Å². The van der Waals surface area contributed by atoms with Gasteiger partial charge in [0.25, 0.3) is 11.8 Å². The third kappa shape index (κ3) is 5.39. The van der Waals surface area contributed by atoms with E-state index in [1.807, 2.05) is 39.8 Å². The highest BCUT2D eigenvalue weighted by atomic mass is 16.3. The molecular formula is C24H25N3O4. The van der Waals surface area contributed by atoms with Crippen molar-refractivity contribution in [1.29, 1.82) is 0 Å². The van der Waals surface area contributed by atoms with Gasteiger partial charge < -0.3 is 20.4 Å². The van der Waals surface area contributed by atoms with Crippen molar-refractivity contribution < 1.29 is 18.8 Å². The van der Waals surface area contributed by atoms with Gasteiger partial charge in [-0.05, 0) is 68.7 Å². The van der Waals surface area contributed by atoms with E-state index in [1.165, 1.54) is 6.26 Å². The summed E-state index contributed by atoms with van der Waals surface area (Å²) in [7, 11) is 0. The van der Waals surface area contributed by atoms with Crippen molar-refractivity contribution in [3.8, 4) is 0 Å². The van der Waals surface area contributed by atoms with Crippen LogP contribution < -0.4 is 16.0 Å². The lowest BCUT2D eigenvalue weighted by Gasteiger charge is -2.13. The zero-order valence-electron chi connectivity index (χ0n) is 18.0. The summed E-state index contributed by atoms with van der Waals surface area (Å²) in [5, 5.41) is 8.20. The summed E-state index contributed by atoms with van der Waals surface area (Å²) >= 11 is 0. The first-order valence-electron chi connectivity index (χ1n) is 9.86. The summed E-state index contributed by atoms with van der Waals surface area (Å²) in [5.74, 6) is -0.968. The first-order chi connectivity index (χ1) is 14.7. The molecule has 0 aliphatic carbocycles. The maximum Gasteiger partial charge on any atom is 0.291 e. The van der Waals surface area contributed by atoms with Crippen LogP contribution >= 0.6 is 0 Å². The van der Waals surface area contributed by atoms with E-state index in [-0.39, 0.29) is 18.2 Å². The number of carbonyl (C=O) groups excluding carboxylic acids is 3. The highest BCUT2D eigenvalue weighted by molar-refractivity contribution is 6.04. The minimum absolute atomic E-state index is 0.173. The highest BCUT2D eigenvalue weighted by Crippen LogP contribution is 2.22. The molecule has 0 unspecified atom stereocenters. The van der Waals surface area contributed by atoms with Gasteiger partial charge in [-0.2, -0.15) is 0 Å². The molecule has 31 heavy (non-hydrogen) atoms. The Bertz CT molecular complexity index is 1110. The Morgan fingerprint density at radius 2 is 1.55 bits per heavy atom. The minimum Gasteiger partial charge on any atom is -0.459 e. The molecule has 0 atom stereocenters. The van der Waals surface area contributed by atoms with Crippen LogP contribution in [0.5, 0.6) is 0 Å². The molecule has 7 nitrogen and oxygen atoms in total. The number of hydrogen-bond donors (Lipinski definition) is 3. The van der Waals surface area contributed by atoms with E-state index in [0.29, 0.717) is 11.3 Å². The van der Waals surface area contributed by atoms with E-state index in [4.69, 9.17) is 4.42 Å². The van der Waals surface area contributed by atoms with Gasteiger partial charge in [-0.1, -0.05) is 23.8 Å². The Morgan fingerprint density at radius 1 is 0.839 bits per heavy atom. The number of carbonyl (C=O) groups is 3. The second-order valence-electron chi connectivity index (χ2n) is 7.47. The molecule has 3 N–H and O–H groups in total. The molecule has 160 valence electrons. The first kappa shape index (κ1) is 21.8. The molecule has 1 aromatic heterocycles. The lowest BCUT2D eigenvalue weighted by Crippen LogP contribution is -2.33. The molecular weight excluding hydrogens is 394 g/mol. The molecule has 7 heteroatoms. The number of aryl methyl sites for hydroxylation is 4. The third-order valence-electron chi connectivity index (χ3n) is 4.84. The average Bonchev–Trinajstić information content (AvgIpc) is 3.25. The van der Waals surface area contributed by atoms with E-state index >= 15 is 0 Å². The first-order valence-corrected chi connectivity index (χ1v) is 9.86. The summed E-state index contributed by atoms with van der Waals surface area (Å²) in [4.78, 5) is 37.1. The van der Waals surface area contributed by atoms with Crippen LogP contribution in [-0.4, -0.2) is 24.3 Å². The van der Waals surface area contributed by atoms with Crippen molar-refractivity contribution in [2.24, 2.45) is 0 Å². The number of amides is 3. The molecule has 0 aliphatic rings. The SMILES string of the molecule is Cc1cc(C)c(NC(=O)CNC(=O)c2ccc(C)c(NC(=O)c3ccco3)c2)c(C)c1. The predicted molar refractivity (Wildman–Crippen MR) is 119 cm³/mol. The smallest absolute Gasteiger partial charge is 0.291 e. The van der Waals surface area contributed by atoms with Crippen molar-refractivity contribution in [2.75, 3.05) is 17.2 Å². The van der Waals surface area contributed by atoms with E-state index in [9.17, 15) is 14.4 Å². The van der Waals surface area contributed by atoms with Crippen molar-refractivity contribution in [3.63, 3.8) is 0 Å². The van der Waals surface area contributed by atoms with Crippen LogP contribution in [0, 0.1) is 27.7 Å². The Morgan fingerprint density at radius 3 is 2.19 bits per heavy atom. The summed E-state index contributed by atoms with van der Waals surface area (Å²) in [6.45, 7) is 7.50. The van der Waals surface area contributed by atoms with Crippen LogP contribution in [0.15, 0.2) is 53.1 Å². The maximum atomic E-state index is 12.5. The fourth-order valence-corrected chi connectivity index (χ4v) is 3.31. The Hall–Kier alpha value is -3.87. The standard InChI is InChI=1S/C24H25N3O4/c1-14-10-16(3)22(17(4)11-14)27-21(28)13-25-23(29)18-8-7-15(2)19(12-18)26-24(30)20-6-5-9-31-20/h5-12H,13H2,1-4H3,(H,25,29)(H,26,30)(H,27,28). The van der Waals surface area contributed by atoms with E-state index < -0.39 is 11.8 Å². The van der Waals surface area contributed by atoms with Crippen LogP contribution in [0.1, 0.15) is 43.2 Å². The Labute approximate surface area is 180 Å². The van der Waals surface area contributed by atoms with E-state index in [0.717, 1.165) is 27.9 Å². The van der Waals surface area contributed by atoms with Gasteiger partial charge in [0.05, 0.1) is 12.8 Å². The molecule has 1 heterocycles. The van der Waals surface area contributed by atoms with Crippen LogP contribution in [0.3, 0.4) is 0 Å². The van der Waals surface area contributed by atoms with Gasteiger partial charge in [0, 0.05) is 16.9 Å². The largest absolute Gasteiger partial charge is 0.459 e. The van der Waals surface area contributed by atoms with E-state index in [2.05, 4.69) is 16.0 Å². The number of anilines is 2. The minimum atomic E-state index is -0.416. The van der Waals surface area contributed by atoms with Crippen molar-refractivity contribution in [1.82, 2.24) is 5.32 Å². The number of furan rings is 1. The lowest BCUT2D eigenvalue weighted by atomic mass is 10.1. The monoisotopic (exact) mass is 419 g/mol. The van der Waals surface area contributed by atoms with Crippen molar-refractivity contribution in [2.45, 2.75) is 27.7 Å². The molecule has 0 radical (unpaired) electrons. The quantitative estimate of drug-likeness (QED) is 0.559. The van der Waals surface area contributed by atoms with Gasteiger partial charge in [-0.25, -0.2) is 0 Å². The van der Waals surface area contributed by atoms with Crippen molar-refractivity contribution >= 4 is 29.1 Å². The maximum absolute atomic E-state index is 12.5. The second kappa shape index (κ2) is 9.30. The number of rotatable bonds is 6. The fraction of sp³-hybridized carbons (Fsp3) is 0.208. The average molecular weight is 419 g/mol. The topological polar surface area (TPSA) is 100 Å². The fourth-order valence-electron chi connectivity index (χ4n) is 3.31. The van der Waals surface area contributed by atoms with Gasteiger partial charge in [-0.3, -0.25) is 14.4 Å². The van der Waals surface area contributed by atoms with Gasteiger partial charge in [0.2, 0.25) is 5.91 Å². The van der Waals surface area contributed by atoms with Crippen molar-refractivity contribution in [3.05, 3.63) is 82.3 Å². The van der Waals surface area contributed by atoms with Gasteiger partial charge in [-0.15, -0.1) is 0 Å². The summed E-state index contributed by atoms with van der Waals surface area (Å²) in [6.07, 6.45) is 1.41. The molecule has 0 aliphatic heterocycles. The molecule has 3 aromatic rings. The normalized spacial score (nSPS) is 10.5. The molecule has 3 amide bonds. The summed E-state index contributed by atoms with van der Waals surface area (Å²) < 4.78 is 5.09. The number of benzene rings is 2. The summed E-state index contributed by atoms with van der Waals surface area (Å²) in [5.41, 5.74) is 5.42. The van der Waals surface area contributed by atoms with Gasteiger partial charge in [0.1, 0.15) is 0 Å². The number of hydrogen-bond acceptors (Lipinski definition) is 4. The van der Waals surface area contributed by atoms with Crippen LogP contribution in [-0.2, 0) is 4.79 Å². The molecule has 0 bridgehead atoms. The van der Waals surface area contributed by atoms with Crippen LogP contribution in [0.2, 0.25) is 0 Å². The van der Waals surface area contributed by atoms with E-state index in [1.54, 1.807) is 30.3 Å². The van der Waals surface area contributed by atoms with Crippen LogP contribution in [0.4, 0.5) is 11.4 Å². The molecule has 0 saturated heterocycles. The third-order valence-corrected chi connectivity index (χ3v) is 4.84. The molecule has 3 rings (SSSR count). The zero-order chi connectivity index (χ0) is 22.5. The zero-order valence-corrected chi connectivity index (χ0v) is 18.0. The molecule has 0 saturated carbocycles. The Balaban J connectivity index is 1.63. The molecule has 0 fully saturated rings.